The van der Waals surface area contributed by atoms with E-state index in [4.69, 9.17) is 23.2 Å². The molecule has 1 heterocycles. The van der Waals surface area contributed by atoms with E-state index in [9.17, 15) is 5.11 Å². The second-order valence-corrected chi connectivity index (χ2v) is 8.07. The summed E-state index contributed by atoms with van der Waals surface area (Å²) in [5, 5.41) is 11.9. The van der Waals surface area contributed by atoms with Crippen LogP contribution in [-0.4, -0.2) is 54.6 Å². The molecule has 25 heavy (non-hydrogen) atoms. The standard InChI is InChI=1S/C19H22Cl2N2OS/c20-15-4-3-5-16(12-15)23-10-8-22(9-11-23)13-17(24)14-25-19-7-2-1-6-18(19)21/h1-7,12,17,24H,8-11,13-14H2/t17-/m0/s1. The molecule has 3 rings (SSSR count). The number of thioether (sulfide) groups is 1. The first-order valence-electron chi connectivity index (χ1n) is 8.40. The highest BCUT2D eigenvalue weighted by Gasteiger charge is 2.19. The van der Waals surface area contributed by atoms with Crippen molar-refractivity contribution in [3.05, 3.63) is 58.6 Å². The summed E-state index contributed by atoms with van der Waals surface area (Å²) in [5.74, 6) is 0.651. The third-order valence-electron chi connectivity index (χ3n) is 4.28. The number of rotatable bonds is 6. The fourth-order valence-electron chi connectivity index (χ4n) is 2.96. The van der Waals surface area contributed by atoms with Gasteiger partial charge < -0.3 is 10.0 Å². The van der Waals surface area contributed by atoms with Gasteiger partial charge in [-0.25, -0.2) is 0 Å². The van der Waals surface area contributed by atoms with Gasteiger partial charge in [-0.2, -0.15) is 0 Å². The number of hydrogen-bond donors (Lipinski definition) is 1. The minimum Gasteiger partial charge on any atom is -0.391 e. The Morgan fingerprint density at radius 1 is 1.00 bits per heavy atom. The highest BCUT2D eigenvalue weighted by Crippen LogP contribution is 2.27. The molecule has 0 amide bonds. The van der Waals surface area contributed by atoms with Crippen molar-refractivity contribution in [1.29, 1.82) is 0 Å². The molecule has 0 unspecified atom stereocenters. The lowest BCUT2D eigenvalue weighted by molar-refractivity contribution is 0.126. The Balaban J connectivity index is 1.43. The monoisotopic (exact) mass is 396 g/mol. The van der Waals surface area contributed by atoms with Crippen LogP contribution < -0.4 is 4.90 Å². The summed E-state index contributed by atoms with van der Waals surface area (Å²) in [4.78, 5) is 5.68. The number of piperazine rings is 1. The quantitative estimate of drug-likeness (QED) is 0.737. The Kier molecular flexibility index (Phi) is 6.91. The van der Waals surface area contributed by atoms with Gasteiger partial charge >= 0.3 is 0 Å². The van der Waals surface area contributed by atoms with Gasteiger partial charge in [0.25, 0.3) is 0 Å². The van der Waals surface area contributed by atoms with Crippen LogP contribution in [0.3, 0.4) is 0 Å². The van der Waals surface area contributed by atoms with E-state index in [0.29, 0.717) is 12.3 Å². The van der Waals surface area contributed by atoms with Crippen LogP contribution in [0.25, 0.3) is 0 Å². The maximum atomic E-state index is 10.3. The molecule has 0 bridgehead atoms. The first-order chi connectivity index (χ1) is 12.1. The van der Waals surface area contributed by atoms with Gasteiger partial charge in [0.2, 0.25) is 0 Å². The summed E-state index contributed by atoms with van der Waals surface area (Å²) in [7, 11) is 0. The lowest BCUT2D eigenvalue weighted by Gasteiger charge is -2.37. The van der Waals surface area contributed by atoms with Crippen LogP contribution in [0, 0.1) is 0 Å². The van der Waals surface area contributed by atoms with E-state index in [1.807, 2.05) is 42.5 Å². The average molecular weight is 397 g/mol. The summed E-state index contributed by atoms with van der Waals surface area (Å²) in [6.07, 6.45) is -0.362. The number of nitrogens with zero attached hydrogens (tertiary/aromatic N) is 2. The predicted molar refractivity (Wildman–Crippen MR) is 108 cm³/mol. The molecule has 3 nitrogen and oxygen atoms in total. The van der Waals surface area contributed by atoms with E-state index in [2.05, 4.69) is 15.9 Å². The van der Waals surface area contributed by atoms with Crippen molar-refractivity contribution in [3.63, 3.8) is 0 Å². The zero-order valence-corrected chi connectivity index (χ0v) is 16.3. The van der Waals surface area contributed by atoms with Crippen molar-refractivity contribution in [3.8, 4) is 0 Å². The van der Waals surface area contributed by atoms with Crippen LogP contribution in [-0.2, 0) is 0 Å². The molecule has 134 valence electrons. The van der Waals surface area contributed by atoms with E-state index < -0.39 is 0 Å². The molecule has 1 N–H and O–H groups in total. The average Bonchev–Trinajstić information content (AvgIpc) is 2.62. The fourth-order valence-corrected chi connectivity index (χ4v) is 4.30. The number of anilines is 1. The summed E-state index contributed by atoms with van der Waals surface area (Å²) in [5.41, 5.74) is 1.17. The Hall–Kier alpha value is -0.910. The summed E-state index contributed by atoms with van der Waals surface area (Å²) in [6, 6.07) is 15.7. The minimum absolute atomic E-state index is 0.362. The highest BCUT2D eigenvalue weighted by atomic mass is 35.5. The van der Waals surface area contributed by atoms with Gasteiger partial charge in [0, 0.05) is 54.1 Å². The summed E-state index contributed by atoms with van der Waals surface area (Å²) < 4.78 is 0. The topological polar surface area (TPSA) is 26.7 Å². The molecule has 2 aromatic rings. The van der Waals surface area contributed by atoms with Gasteiger partial charge in [0.15, 0.2) is 0 Å². The number of aliphatic hydroxyl groups excluding tert-OH is 1. The normalized spacial score (nSPS) is 16.8. The first-order valence-corrected chi connectivity index (χ1v) is 10.1. The predicted octanol–water partition coefficient (Wildman–Crippen LogP) is 4.27. The molecule has 6 heteroatoms. The lowest BCUT2D eigenvalue weighted by Crippen LogP contribution is -2.48. The Labute approximate surface area is 163 Å². The maximum Gasteiger partial charge on any atom is 0.0760 e. The second-order valence-electron chi connectivity index (χ2n) is 6.16. The van der Waals surface area contributed by atoms with Crippen molar-refractivity contribution in [2.75, 3.05) is 43.4 Å². The van der Waals surface area contributed by atoms with Crippen molar-refractivity contribution >= 4 is 40.7 Å². The third-order valence-corrected chi connectivity index (χ3v) is 6.18. The molecule has 1 saturated heterocycles. The fraction of sp³-hybridized carbons (Fsp3) is 0.368. The van der Waals surface area contributed by atoms with E-state index >= 15 is 0 Å². The Morgan fingerprint density at radius 2 is 1.76 bits per heavy atom. The molecule has 0 aromatic heterocycles. The number of benzene rings is 2. The molecule has 1 atom stereocenters. The van der Waals surface area contributed by atoms with Crippen LogP contribution in [0.15, 0.2) is 53.4 Å². The van der Waals surface area contributed by atoms with Crippen LogP contribution in [0.4, 0.5) is 5.69 Å². The van der Waals surface area contributed by atoms with Crippen molar-refractivity contribution < 1.29 is 5.11 Å². The number of halogens is 2. The van der Waals surface area contributed by atoms with Crippen LogP contribution in [0.2, 0.25) is 10.0 Å². The minimum atomic E-state index is -0.362. The SMILES string of the molecule is O[C@H](CSc1ccccc1Cl)CN1CCN(c2cccc(Cl)c2)CC1. The number of hydrogen-bond acceptors (Lipinski definition) is 4. The largest absolute Gasteiger partial charge is 0.391 e. The van der Waals surface area contributed by atoms with Gasteiger partial charge in [-0.1, -0.05) is 41.4 Å². The highest BCUT2D eigenvalue weighted by molar-refractivity contribution is 7.99. The lowest BCUT2D eigenvalue weighted by atomic mass is 10.2. The Morgan fingerprint density at radius 3 is 2.48 bits per heavy atom. The van der Waals surface area contributed by atoms with Gasteiger partial charge in [-0.05, 0) is 30.3 Å². The van der Waals surface area contributed by atoms with E-state index in [1.54, 1.807) is 11.8 Å². The zero-order valence-electron chi connectivity index (χ0n) is 13.9. The van der Waals surface area contributed by atoms with Crippen molar-refractivity contribution in [2.24, 2.45) is 0 Å². The van der Waals surface area contributed by atoms with Crippen LogP contribution in [0.5, 0.6) is 0 Å². The second kappa shape index (κ2) is 9.15. The van der Waals surface area contributed by atoms with Crippen molar-refractivity contribution in [2.45, 2.75) is 11.0 Å². The van der Waals surface area contributed by atoms with Gasteiger partial charge in [-0.15, -0.1) is 11.8 Å². The van der Waals surface area contributed by atoms with E-state index in [1.165, 1.54) is 5.69 Å². The van der Waals surface area contributed by atoms with Crippen LogP contribution in [0.1, 0.15) is 0 Å². The molecule has 1 fully saturated rings. The van der Waals surface area contributed by atoms with E-state index in [0.717, 1.165) is 41.1 Å². The summed E-state index contributed by atoms with van der Waals surface area (Å²) >= 11 is 13.8. The summed E-state index contributed by atoms with van der Waals surface area (Å²) in [6.45, 7) is 4.48. The molecule has 1 aliphatic heterocycles. The van der Waals surface area contributed by atoms with Crippen molar-refractivity contribution in [1.82, 2.24) is 4.90 Å². The molecule has 0 saturated carbocycles. The Bertz CT molecular complexity index is 693. The maximum absolute atomic E-state index is 10.3. The number of β-amino-alcohol motifs (C(OH)–C–C–N with tert-alkyl or cyclic N) is 1. The van der Waals surface area contributed by atoms with E-state index in [-0.39, 0.29) is 6.10 Å². The van der Waals surface area contributed by atoms with Gasteiger partial charge in [-0.3, -0.25) is 4.90 Å². The molecule has 0 aliphatic carbocycles. The molecular weight excluding hydrogens is 375 g/mol. The van der Waals surface area contributed by atoms with Gasteiger partial charge in [0.1, 0.15) is 0 Å². The molecular formula is C19H22Cl2N2OS. The molecule has 1 aliphatic rings. The molecule has 0 radical (unpaired) electrons. The molecule has 2 aromatic carbocycles. The van der Waals surface area contributed by atoms with Crippen LogP contribution >= 0.6 is 35.0 Å². The first kappa shape index (κ1) is 18.9. The number of aliphatic hydroxyl groups is 1. The van der Waals surface area contributed by atoms with Gasteiger partial charge in [0.05, 0.1) is 11.1 Å². The molecule has 0 spiro atoms. The zero-order chi connectivity index (χ0) is 17.6. The smallest absolute Gasteiger partial charge is 0.0760 e. The third kappa shape index (κ3) is 5.53.